The largest absolute Gasteiger partial charge is 0.395 e. The Kier molecular flexibility index (Phi) is 6.94. The van der Waals surface area contributed by atoms with Crippen LogP contribution in [0.5, 0.6) is 0 Å². The van der Waals surface area contributed by atoms with Crippen molar-refractivity contribution in [1.29, 1.82) is 0 Å². The minimum atomic E-state index is 0.148. The van der Waals surface area contributed by atoms with E-state index in [4.69, 9.17) is 0 Å². The first-order valence-electron chi connectivity index (χ1n) is 6.65. The maximum absolute atomic E-state index is 9.33. The van der Waals surface area contributed by atoms with Crippen molar-refractivity contribution in [2.45, 2.75) is 38.5 Å². The standard InChI is InChI=1S/C13H24N4OS/c1-5-10-12(14-6-2)15-8-16-13(10)17-9(3)11(7-18)19-4/h8-9,11,18H,5-7H2,1-4H3,(H2,14,15,16,17). The Morgan fingerprint density at radius 1 is 1.32 bits per heavy atom. The van der Waals surface area contributed by atoms with Crippen molar-refractivity contribution in [2.24, 2.45) is 0 Å². The highest BCUT2D eigenvalue weighted by molar-refractivity contribution is 7.99. The Morgan fingerprint density at radius 3 is 2.53 bits per heavy atom. The van der Waals surface area contributed by atoms with Gasteiger partial charge in [-0.25, -0.2) is 9.97 Å². The Balaban J connectivity index is 2.90. The summed E-state index contributed by atoms with van der Waals surface area (Å²) in [6, 6.07) is 0.148. The number of hydrogen-bond donors (Lipinski definition) is 3. The molecule has 3 N–H and O–H groups in total. The minimum absolute atomic E-state index is 0.148. The molecule has 0 fully saturated rings. The summed E-state index contributed by atoms with van der Waals surface area (Å²) in [6.45, 7) is 7.19. The van der Waals surface area contributed by atoms with Crippen molar-refractivity contribution < 1.29 is 5.11 Å². The summed E-state index contributed by atoms with van der Waals surface area (Å²) in [5.74, 6) is 1.74. The highest BCUT2D eigenvalue weighted by Crippen LogP contribution is 2.23. The Labute approximate surface area is 119 Å². The molecule has 1 aromatic rings. The van der Waals surface area contributed by atoms with E-state index in [-0.39, 0.29) is 17.9 Å². The Morgan fingerprint density at radius 2 is 2.00 bits per heavy atom. The fourth-order valence-corrected chi connectivity index (χ4v) is 2.56. The van der Waals surface area contributed by atoms with Gasteiger partial charge >= 0.3 is 0 Å². The molecule has 6 heteroatoms. The van der Waals surface area contributed by atoms with Crippen molar-refractivity contribution in [3.8, 4) is 0 Å². The molecule has 1 heterocycles. The summed E-state index contributed by atoms with van der Waals surface area (Å²) in [7, 11) is 0. The van der Waals surface area contributed by atoms with Crippen LogP contribution in [0.2, 0.25) is 0 Å². The van der Waals surface area contributed by atoms with Crippen LogP contribution in [-0.2, 0) is 6.42 Å². The number of aliphatic hydroxyl groups is 1. The molecule has 0 radical (unpaired) electrons. The number of rotatable bonds is 8. The van der Waals surface area contributed by atoms with Gasteiger partial charge in [0.05, 0.1) is 6.61 Å². The molecule has 1 rings (SSSR count). The lowest BCUT2D eigenvalue weighted by atomic mass is 10.2. The van der Waals surface area contributed by atoms with Gasteiger partial charge in [-0.2, -0.15) is 11.8 Å². The predicted molar refractivity (Wildman–Crippen MR) is 83.0 cm³/mol. The van der Waals surface area contributed by atoms with E-state index < -0.39 is 0 Å². The Hall–Kier alpha value is -1.01. The van der Waals surface area contributed by atoms with Crippen LogP contribution in [0, 0.1) is 0 Å². The molecule has 108 valence electrons. The van der Waals surface area contributed by atoms with E-state index in [1.165, 1.54) is 0 Å². The van der Waals surface area contributed by atoms with Crippen molar-refractivity contribution >= 4 is 23.4 Å². The van der Waals surface area contributed by atoms with Crippen LogP contribution in [0.1, 0.15) is 26.3 Å². The first-order valence-corrected chi connectivity index (χ1v) is 7.94. The zero-order chi connectivity index (χ0) is 14.3. The fraction of sp³-hybridized carbons (Fsp3) is 0.692. The van der Waals surface area contributed by atoms with E-state index >= 15 is 0 Å². The van der Waals surface area contributed by atoms with Gasteiger partial charge in [-0.1, -0.05) is 6.92 Å². The average Bonchev–Trinajstić information content (AvgIpc) is 2.41. The highest BCUT2D eigenvalue weighted by atomic mass is 32.2. The van der Waals surface area contributed by atoms with Gasteiger partial charge in [-0.15, -0.1) is 0 Å². The molecule has 0 saturated carbocycles. The summed E-state index contributed by atoms with van der Waals surface area (Å²) >= 11 is 1.65. The van der Waals surface area contributed by atoms with E-state index in [1.807, 2.05) is 13.2 Å². The zero-order valence-corrected chi connectivity index (χ0v) is 12.9. The maximum atomic E-state index is 9.33. The van der Waals surface area contributed by atoms with Crippen molar-refractivity contribution in [2.75, 3.05) is 30.0 Å². The van der Waals surface area contributed by atoms with Crippen LogP contribution in [0.25, 0.3) is 0 Å². The summed E-state index contributed by atoms with van der Waals surface area (Å²) in [5, 5.41) is 16.1. The maximum Gasteiger partial charge on any atom is 0.134 e. The monoisotopic (exact) mass is 284 g/mol. The van der Waals surface area contributed by atoms with Crippen LogP contribution >= 0.6 is 11.8 Å². The van der Waals surface area contributed by atoms with Crippen molar-refractivity contribution in [3.05, 3.63) is 11.9 Å². The molecule has 19 heavy (non-hydrogen) atoms. The molecule has 2 atom stereocenters. The number of hydrogen-bond acceptors (Lipinski definition) is 6. The lowest BCUT2D eigenvalue weighted by Gasteiger charge is -2.23. The molecule has 0 aromatic carbocycles. The molecule has 0 aliphatic rings. The van der Waals surface area contributed by atoms with Crippen molar-refractivity contribution in [1.82, 2.24) is 9.97 Å². The molecular formula is C13H24N4OS. The third-order valence-corrected chi connectivity index (χ3v) is 4.21. The summed E-state index contributed by atoms with van der Waals surface area (Å²) in [4.78, 5) is 8.61. The molecule has 1 aromatic heterocycles. The van der Waals surface area contributed by atoms with E-state index in [9.17, 15) is 5.11 Å². The van der Waals surface area contributed by atoms with Crippen LogP contribution in [0.4, 0.5) is 11.6 Å². The second kappa shape index (κ2) is 8.22. The number of aromatic nitrogens is 2. The second-order valence-electron chi connectivity index (χ2n) is 4.32. The third-order valence-electron chi connectivity index (χ3n) is 3.05. The van der Waals surface area contributed by atoms with Gasteiger partial charge < -0.3 is 15.7 Å². The molecule has 0 saturated heterocycles. The normalized spacial score (nSPS) is 13.9. The lowest BCUT2D eigenvalue weighted by Crippen LogP contribution is -2.31. The lowest BCUT2D eigenvalue weighted by molar-refractivity contribution is 0.288. The van der Waals surface area contributed by atoms with Gasteiger partial charge in [-0.05, 0) is 26.5 Å². The van der Waals surface area contributed by atoms with Gasteiger partial charge in [0, 0.05) is 23.4 Å². The van der Waals surface area contributed by atoms with Gasteiger partial charge in [-0.3, -0.25) is 0 Å². The van der Waals surface area contributed by atoms with Crippen LogP contribution in [0.3, 0.4) is 0 Å². The molecule has 5 nitrogen and oxygen atoms in total. The molecule has 0 aliphatic carbocycles. The quantitative estimate of drug-likeness (QED) is 0.678. The van der Waals surface area contributed by atoms with Gasteiger partial charge in [0.1, 0.15) is 18.0 Å². The number of thioether (sulfide) groups is 1. The molecular weight excluding hydrogens is 260 g/mol. The number of nitrogens with zero attached hydrogens (tertiary/aromatic N) is 2. The molecule has 0 amide bonds. The SMILES string of the molecule is CCNc1ncnc(NC(C)C(CO)SC)c1CC. The second-order valence-corrected chi connectivity index (χ2v) is 5.40. The van der Waals surface area contributed by atoms with Crippen LogP contribution < -0.4 is 10.6 Å². The van der Waals surface area contributed by atoms with Gasteiger partial charge in [0.2, 0.25) is 0 Å². The minimum Gasteiger partial charge on any atom is -0.395 e. The van der Waals surface area contributed by atoms with E-state index in [2.05, 4.69) is 34.4 Å². The Bertz CT molecular complexity index is 385. The molecule has 0 bridgehead atoms. The molecule has 2 unspecified atom stereocenters. The van der Waals surface area contributed by atoms with E-state index in [0.717, 1.165) is 30.2 Å². The summed E-state index contributed by atoms with van der Waals surface area (Å²) < 4.78 is 0. The first kappa shape index (κ1) is 16.0. The smallest absolute Gasteiger partial charge is 0.134 e. The average molecular weight is 284 g/mol. The number of anilines is 2. The topological polar surface area (TPSA) is 70.1 Å². The number of nitrogens with one attached hydrogen (secondary N) is 2. The van der Waals surface area contributed by atoms with Crippen LogP contribution in [0.15, 0.2) is 6.33 Å². The first-order chi connectivity index (χ1) is 9.17. The fourth-order valence-electron chi connectivity index (χ4n) is 1.94. The summed E-state index contributed by atoms with van der Waals surface area (Å²) in [5.41, 5.74) is 1.09. The van der Waals surface area contributed by atoms with E-state index in [0.29, 0.717) is 0 Å². The third kappa shape index (κ3) is 4.24. The van der Waals surface area contributed by atoms with Crippen molar-refractivity contribution in [3.63, 3.8) is 0 Å². The zero-order valence-electron chi connectivity index (χ0n) is 12.1. The van der Waals surface area contributed by atoms with E-state index in [1.54, 1.807) is 18.1 Å². The highest BCUT2D eigenvalue weighted by Gasteiger charge is 2.18. The molecule has 0 aliphatic heterocycles. The predicted octanol–water partition coefficient (Wildman–Crippen LogP) is 2.00. The number of aliphatic hydroxyl groups excluding tert-OH is 1. The van der Waals surface area contributed by atoms with Gasteiger partial charge in [0.15, 0.2) is 0 Å². The molecule has 0 spiro atoms. The summed E-state index contributed by atoms with van der Waals surface area (Å²) in [6.07, 6.45) is 4.43. The van der Waals surface area contributed by atoms with Gasteiger partial charge in [0.25, 0.3) is 0 Å². The van der Waals surface area contributed by atoms with Crippen LogP contribution in [-0.4, -0.2) is 45.8 Å².